The van der Waals surface area contributed by atoms with E-state index < -0.39 is 29.7 Å². The Morgan fingerprint density at radius 1 is 1.45 bits per heavy atom. The summed E-state index contributed by atoms with van der Waals surface area (Å²) in [6.45, 7) is 1.12. The van der Waals surface area contributed by atoms with Gasteiger partial charge in [0.25, 0.3) is 5.91 Å². The number of carbonyl (C=O) groups excluding carboxylic acids is 1. The summed E-state index contributed by atoms with van der Waals surface area (Å²) < 4.78 is 31.9. The third-order valence-electron chi connectivity index (χ3n) is 3.05. The van der Waals surface area contributed by atoms with Gasteiger partial charge in [0.1, 0.15) is 23.9 Å². The average molecular weight is 311 g/mol. The van der Waals surface area contributed by atoms with E-state index in [1.165, 1.54) is 13.0 Å². The number of nitrogens with two attached hydrogens (primary N) is 1. The highest BCUT2D eigenvalue weighted by molar-refractivity contribution is 5.91. The van der Waals surface area contributed by atoms with E-state index in [9.17, 15) is 18.7 Å². The normalized spacial score (nSPS) is 13.7. The first-order valence-corrected chi connectivity index (χ1v) is 6.50. The number of carbonyl (C=O) groups is 1. The molecule has 0 saturated heterocycles. The minimum absolute atomic E-state index is 0.00257. The van der Waals surface area contributed by atoms with Crippen molar-refractivity contribution < 1.29 is 23.1 Å². The highest BCUT2D eigenvalue weighted by Gasteiger charge is 2.20. The topological polar surface area (TPSA) is 101 Å². The highest BCUT2D eigenvalue weighted by Crippen LogP contribution is 2.14. The molecule has 118 valence electrons. The summed E-state index contributed by atoms with van der Waals surface area (Å²) in [6.07, 6.45) is 0.159. The lowest BCUT2D eigenvalue weighted by atomic mass is 10.2. The Balaban J connectivity index is 2.04. The maximum absolute atomic E-state index is 13.4. The van der Waals surface area contributed by atoms with Crippen LogP contribution in [0.5, 0.6) is 0 Å². The van der Waals surface area contributed by atoms with Crippen LogP contribution < -0.4 is 11.1 Å². The van der Waals surface area contributed by atoms with Crippen LogP contribution in [0.25, 0.3) is 0 Å². The zero-order valence-electron chi connectivity index (χ0n) is 11.7. The van der Waals surface area contributed by atoms with E-state index in [0.717, 1.165) is 18.4 Å². The molecule has 1 aromatic carbocycles. The Hall–Kier alpha value is -2.32. The van der Waals surface area contributed by atoms with Crippen LogP contribution in [0.15, 0.2) is 28.9 Å². The molecule has 4 N–H and O–H groups in total. The molecule has 2 rings (SSSR count). The van der Waals surface area contributed by atoms with E-state index >= 15 is 0 Å². The van der Waals surface area contributed by atoms with Crippen LogP contribution >= 0.6 is 0 Å². The molecular formula is C14H15F2N3O3. The van der Waals surface area contributed by atoms with Crippen molar-refractivity contribution in [3.8, 4) is 0 Å². The van der Waals surface area contributed by atoms with Crippen molar-refractivity contribution in [2.45, 2.75) is 25.6 Å². The largest absolute Gasteiger partial charge is 0.446 e. The molecule has 22 heavy (non-hydrogen) atoms. The van der Waals surface area contributed by atoms with Gasteiger partial charge in [-0.1, -0.05) is 6.07 Å². The zero-order chi connectivity index (χ0) is 16.3. The van der Waals surface area contributed by atoms with Gasteiger partial charge in [-0.05, 0) is 19.1 Å². The number of hydrogen-bond donors (Lipinski definition) is 3. The van der Waals surface area contributed by atoms with Gasteiger partial charge in [0, 0.05) is 12.1 Å². The molecule has 0 aliphatic heterocycles. The molecule has 0 bridgehead atoms. The second-order valence-corrected chi connectivity index (χ2v) is 4.72. The van der Waals surface area contributed by atoms with E-state index in [1.807, 2.05) is 0 Å². The first-order chi connectivity index (χ1) is 10.4. The fraction of sp³-hybridized carbons (Fsp3) is 0.286. The van der Waals surface area contributed by atoms with E-state index in [4.69, 9.17) is 10.2 Å². The first-order valence-electron chi connectivity index (χ1n) is 6.50. The summed E-state index contributed by atoms with van der Waals surface area (Å²) in [7, 11) is 0. The Labute approximate surface area is 125 Å². The molecule has 8 heteroatoms. The number of nitrogens with zero attached hydrogens (tertiary/aromatic N) is 1. The Morgan fingerprint density at radius 3 is 2.68 bits per heavy atom. The van der Waals surface area contributed by atoms with Gasteiger partial charge < -0.3 is 20.6 Å². The van der Waals surface area contributed by atoms with Crippen LogP contribution in [-0.4, -0.2) is 22.1 Å². The van der Waals surface area contributed by atoms with E-state index in [1.54, 1.807) is 0 Å². The summed E-state index contributed by atoms with van der Waals surface area (Å²) in [5.74, 6) is -2.18. The van der Waals surface area contributed by atoms with Crippen LogP contribution in [0.2, 0.25) is 0 Å². The number of aliphatic hydroxyl groups excluding tert-OH is 1. The maximum atomic E-state index is 13.4. The van der Waals surface area contributed by atoms with Gasteiger partial charge in [0.2, 0.25) is 5.89 Å². The highest BCUT2D eigenvalue weighted by atomic mass is 19.1. The summed E-state index contributed by atoms with van der Waals surface area (Å²) in [5.41, 5.74) is 5.27. The number of halogens is 2. The summed E-state index contributed by atoms with van der Waals surface area (Å²) in [6, 6.07) is 2.56. The smallest absolute Gasteiger partial charge is 0.273 e. The van der Waals surface area contributed by atoms with Crippen molar-refractivity contribution in [1.29, 1.82) is 0 Å². The standard InChI is InChI=1S/C14H15F2N3O3/c1-7(20)12(17)14-19-11(6-22-14)13(21)18-5-8-9(15)3-2-4-10(8)16/h2-4,6-7,12,20H,5,17H2,1H3,(H,18,21). The quantitative estimate of drug-likeness (QED) is 0.772. The molecule has 0 fully saturated rings. The number of rotatable bonds is 5. The maximum Gasteiger partial charge on any atom is 0.273 e. The summed E-state index contributed by atoms with van der Waals surface area (Å²) >= 11 is 0. The number of amides is 1. The van der Waals surface area contributed by atoms with E-state index in [0.29, 0.717) is 0 Å². The second-order valence-electron chi connectivity index (χ2n) is 4.72. The lowest BCUT2D eigenvalue weighted by molar-refractivity contribution is 0.0945. The molecule has 1 amide bonds. The number of benzene rings is 1. The van der Waals surface area contributed by atoms with Crippen LogP contribution in [0, 0.1) is 11.6 Å². The zero-order valence-corrected chi connectivity index (χ0v) is 11.7. The second kappa shape index (κ2) is 6.63. The molecule has 1 aromatic heterocycles. The van der Waals surface area contributed by atoms with Gasteiger partial charge in [-0.15, -0.1) is 0 Å². The summed E-state index contributed by atoms with van der Waals surface area (Å²) in [5, 5.41) is 11.7. The van der Waals surface area contributed by atoms with Gasteiger partial charge in [-0.2, -0.15) is 0 Å². The lowest BCUT2D eigenvalue weighted by Crippen LogP contribution is -2.26. The van der Waals surface area contributed by atoms with Crippen LogP contribution in [0.1, 0.15) is 34.9 Å². The van der Waals surface area contributed by atoms with Crippen molar-refractivity contribution in [1.82, 2.24) is 10.3 Å². The number of nitrogens with one attached hydrogen (secondary N) is 1. The molecule has 0 saturated carbocycles. The molecular weight excluding hydrogens is 296 g/mol. The average Bonchev–Trinajstić information content (AvgIpc) is 2.95. The number of aromatic nitrogens is 1. The molecule has 0 spiro atoms. The third kappa shape index (κ3) is 3.46. The molecule has 0 radical (unpaired) electrons. The van der Waals surface area contributed by atoms with Gasteiger partial charge >= 0.3 is 0 Å². The van der Waals surface area contributed by atoms with Crippen molar-refractivity contribution in [2.75, 3.05) is 0 Å². The Bertz CT molecular complexity index is 653. The van der Waals surface area contributed by atoms with Crippen molar-refractivity contribution in [2.24, 2.45) is 5.73 Å². The number of aliphatic hydroxyl groups is 1. The van der Waals surface area contributed by atoms with Crippen molar-refractivity contribution in [3.05, 3.63) is 53.2 Å². The fourth-order valence-electron chi connectivity index (χ4n) is 1.71. The molecule has 0 aliphatic rings. The number of oxazole rings is 1. The lowest BCUT2D eigenvalue weighted by Gasteiger charge is -2.09. The minimum atomic E-state index is -0.901. The fourth-order valence-corrected chi connectivity index (χ4v) is 1.71. The van der Waals surface area contributed by atoms with Crippen LogP contribution in [0.3, 0.4) is 0 Å². The third-order valence-corrected chi connectivity index (χ3v) is 3.05. The predicted molar refractivity (Wildman–Crippen MR) is 72.6 cm³/mol. The van der Waals surface area contributed by atoms with Gasteiger partial charge in [-0.25, -0.2) is 13.8 Å². The van der Waals surface area contributed by atoms with E-state index in [2.05, 4.69) is 10.3 Å². The molecule has 6 nitrogen and oxygen atoms in total. The van der Waals surface area contributed by atoms with Crippen LogP contribution in [0.4, 0.5) is 8.78 Å². The van der Waals surface area contributed by atoms with Gasteiger partial charge in [0.05, 0.1) is 6.10 Å². The van der Waals surface area contributed by atoms with E-state index in [-0.39, 0.29) is 23.7 Å². The monoisotopic (exact) mass is 311 g/mol. The summed E-state index contributed by atoms with van der Waals surface area (Å²) in [4.78, 5) is 15.7. The SMILES string of the molecule is CC(O)C(N)c1nc(C(=O)NCc2c(F)cccc2F)co1. The predicted octanol–water partition coefficient (Wildman–Crippen LogP) is 1.26. The van der Waals surface area contributed by atoms with Crippen molar-refractivity contribution >= 4 is 5.91 Å². The van der Waals surface area contributed by atoms with Gasteiger partial charge in [-0.3, -0.25) is 4.79 Å². The Morgan fingerprint density at radius 2 is 2.09 bits per heavy atom. The Kier molecular flexibility index (Phi) is 4.84. The van der Waals surface area contributed by atoms with Gasteiger partial charge in [0.15, 0.2) is 5.69 Å². The first kappa shape index (κ1) is 16.1. The van der Waals surface area contributed by atoms with Crippen molar-refractivity contribution in [3.63, 3.8) is 0 Å². The number of hydrogen-bond acceptors (Lipinski definition) is 5. The molecule has 2 unspecified atom stereocenters. The minimum Gasteiger partial charge on any atom is -0.446 e. The molecule has 2 aromatic rings. The molecule has 0 aliphatic carbocycles. The molecule has 1 heterocycles. The molecule has 2 atom stereocenters. The van der Waals surface area contributed by atoms with Crippen LogP contribution in [-0.2, 0) is 6.54 Å².